The van der Waals surface area contributed by atoms with E-state index in [0.29, 0.717) is 19.3 Å². The second-order valence-corrected chi connectivity index (χ2v) is 15.9. The van der Waals surface area contributed by atoms with Gasteiger partial charge >= 0.3 is 5.97 Å². The van der Waals surface area contributed by atoms with Crippen molar-refractivity contribution >= 4 is 11.9 Å². The van der Waals surface area contributed by atoms with E-state index >= 15 is 0 Å². The van der Waals surface area contributed by atoms with Crippen molar-refractivity contribution in [3.63, 3.8) is 0 Å². The van der Waals surface area contributed by atoms with Crippen LogP contribution in [0.5, 0.6) is 0 Å². The molecule has 6 heteroatoms. The lowest BCUT2D eigenvalue weighted by Crippen LogP contribution is -2.46. The van der Waals surface area contributed by atoms with Gasteiger partial charge in [-0.25, -0.2) is 0 Å². The topological polar surface area (TPSA) is 95.9 Å². The fourth-order valence-corrected chi connectivity index (χ4v) is 6.97. The molecule has 55 heavy (non-hydrogen) atoms. The van der Waals surface area contributed by atoms with E-state index in [1.807, 2.05) is 24.3 Å². The lowest BCUT2D eigenvalue weighted by Gasteiger charge is -2.24. The number of unbranched alkanes of at least 4 members (excludes halogenated alkanes) is 24. The molecule has 3 atom stereocenters. The van der Waals surface area contributed by atoms with Crippen LogP contribution in [0.2, 0.25) is 0 Å². The number of aliphatic hydroxyl groups excluding tert-OH is 2. The van der Waals surface area contributed by atoms with E-state index in [2.05, 4.69) is 50.4 Å². The Bertz CT molecular complexity index is 957. The number of carbonyl (C=O) groups excluding carboxylic acids is 2. The zero-order valence-electron chi connectivity index (χ0n) is 36.3. The van der Waals surface area contributed by atoms with Gasteiger partial charge in [0.15, 0.2) is 0 Å². The van der Waals surface area contributed by atoms with Gasteiger partial charge in [0, 0.05) is 6.42 Å². The molecular formula is C49H89NO5. The van der Waals surface area contributed by atoms with E-state index in [-0.39, 0.29) is 24.9 Å². The van der Waals surface area contributed by atoms with Crippen molar-refractivity contribution in [1.29, 1.82) is 0 Å². The maximum Gasteiger partial charge on any atom is 0.306 e. The number of nitrogens with one attached hydrogen (secondary N) is 1. The SMILES string of the molecule is CC/C=C/C=C/C=C/C=C\CCCCCC(CC(=O)NC(CO)C(O)CCCCCCCCCCCCC)OC(=O)CCCCCCCCCCCCCC. The fraction of sp³-hybridized carbons (Fsp3) is 0.796. The number of ether oxygens (including phenoxy) is 1. The molecule has 0 saturated carbocycles. The Morgan fingerprint density at radius 1 is 0.545 bits per heavy atom. The molecule has 1 amide bonds. The summed E-state index contributed by atoms with van der Waals surface area (Å²) in [4.78, 5) is 26.0. The van der Waals surface area contributed by atoms with Crippen molar-refractivity contribution < 1.29 is 24.5 Å². The van der Waals surface area contributed by atoms with Crippen LogP contribution in [0.3, 0.4) is 0 Å². The third-order valence-electron chi connectivity index (χ3n) is 10.5. The molecule has 0 aliphatic heterocycles. The van der Waals surface area contributed by atoms with Crippen molar-refractivity contribution in [3.8, 4) is 0 Å². The molecule has 3 N–H and O–H groups in total. The summed E-state index contributed by atoms with van der Waals surface area (Å²) < 4.78 is 5.89. The van der Waals surface area contributed by atoms with E-state index in [1.165, 1.54) is 109 Å². The van der Waals surface area contributed by atoms with Gasteiger partial charge in [0.2, 0.25) is 5.91 Å². The average molecular weight is 772 g/mol. The van der Waals surface area contributed by atoms with Gasteiger partial charge in [-0.15, -0.1) is 0 Å². The molecule has 0 radical (unpaired) electrons. The number of hydrogen-bond donors (Lipinski definition) is 3. The summed E-state index contributed by atoms with van der Waals surface area (Å²) in [5.41, 5.74) is 0. The molecule has 0 saturated heterocycles. The Hall–Kier alpha value is -2.18. The first-order valence-corrected chi connectivity index (χ1v) is 23.4. The molecule has 320 valence electrons. The predicted molar refractivity (Wildman–Crippen MR) is 236 cm³/mol. The van der Waals surface area contributed by atoms with Crippen LogP contribution in [0, 0.1) is 0 Å². The lowest BCUT2D eigenvalue weighted by atomic mass is 10.0. The number of aliphatic hydroxyl groups is 2. The average Bonchev–Trinajstić information content (AvgIpc) is 3.18. The molecule has 0 spiro atoms. The smallest absolute Gasteiger partial charge is 0.306 e. The van der Waals surface area contributed by atoms with Crippen molar-refractivity contribution in [2.45, 2.75) is 244 Å². The Labute approximate surface area is 340 Å². The van der Waals surface area contributed by atoms with Crippen LogP contribution in [0.1, 0.15) is 226 Å². The Morgan fingerprint density at radius 2 is 0.982 bits per heavy atom. The summed E-state index contributed by atoms with van der Waals surface area (Å²) in [5.74, 6) is -0.511. The number of amides is 1. The summed E-state index contributed by atoms with van der Waals surface area (Å²) in [7, 11) is 0. The molecule has 0 aromatic carbocycles. The molecule has 0 aliphatic rings. The quantitative estimate of drug-likeness (QED) is 0.0327. The summed E-state index contributed by atoms with van der Waals surface area (Å²) in [6, 6.07) is -0.711. The number of allylic oxidation sites excluding steroid dienone is 8. The summed E-state index contributed by atoms with van der Waals surface area (Å²) in [5, 5.41) is 23.6. The van der Waals surface area contributed by atoms with E-state index in [9.17, 15) is 19.8 Å². The second-order valence-electron chi connectivity index (χ2n) is 15.9. The maximum absolute atomic E-state index is 13.1. The molecular weight excluding hydrogens is 683 g/mol. The van der Waals surface area contributed by atoms with E-state index in [4.69, 9.17) is 4.74 Å². The zero-order valence-corrected chi connectivity index (χ0v) is 36.3. The number of hydrogen-bond acceptors (Lipinski definition) is 5. The van der Waals surface area contributed by atoms with Crippen molar-refractivity contribution in [1.82, 2.24) is 5.32 Å². The van der Waals surface area contributed by atoms with Gasteiger partial charge in [0.25, 0.3) is 0 Å². The minimum absolute atomic E-state index is 0.0531. The highest BCUT2D eigenvalue weighted by molar-refractivity contribution is 5.77. The number of carbonyl (C=O) groups is 2. The van der Waals surface area contributed by atoms with Gasteiger partial charge in [-0.1, -0.05) is 217 Å². The monoisotopic (exact) mass is 772 g/mol. The minimum atomic E-state index is -0.795. The summed E-state index contributed by atoms with van der Waals surface area (Å²) in [6.07, 6.45) is 50.2. The standard InChI is InChI=1S/C49H89NO5/c1-4-7-10-13-16-19-22-24-26-28-31-34-37-40-45(55-49(54)42-39-36-33-30-27-23-20-17-14-11-8-5-2)43-48(53)50-46(44-51)47(52)41-38-35-32-29-25-21-18-15-12-9-6-3/h7,10,13,16,19,22,24,26,45-47,51-52H,4-6,8-9,11-12,14-15,17-18,20-21,23,25,27-44H2,1-3H3,(H,50,53)/b10-7+,16-13+,22-19+,26-24-. The van der Waals surface area contributed by atoms with Crippen LogP contribution >= 0.6 is 0 Å². The first kappa shape index (κ1) is 52.8. The van der Waals surface area contributed by atoms with Crippen LogP contribution in [-0.2, 0) is 14.3 Å². The molecule has 0 rings (SSSR count). The highest BCUT2D eigenvalue weighted by Gasteiger charge is 2.24. The van der Waals surface area contributed by atoms with Gasteiger partial charge in [-0.05, 0) is 44.9 Å². The van der Waals surface area contributed by atoms with Gasteiger partial charge in [0.1, 0.15) is 6.10 Å². The highest BCUT2D eigenvalue weighted by Crippen LogP contribution is 2.17. The first-order valence-electron chi connectivity index (χ1n) is 23.4. The maximum atomic E-state index is 13.1. The Balaban J connectivity index is 4.66. The van der Waals surface area contributed by atoms with Crippen LogP contribution < -0.4 is 5.32 Å². The highest BCUT2D eigenvalue weighted by atomic mass is 16.5. The van der Waals surface area contributed by atoms with E-state index in [1.54, 1.807) is 0 Å². The normalized spacial score (nSPS) is 13.8. The second kappa shape index (κ2) is 43.0. The Morgan fingerprint density at radius 3 is 1.49 bits per heavy atom. The van der Waals surface area contributed by atoms with Gasteiger partial charge in [-0.2, -0.15) is 0 Å². The van der Waals surface area contributed by atoms with E-state index in [0.717, 1.165) is 70.6 Å². The molecule has 0 fully saturated rings. The van der Waals surface area contributed by atoms with Crippen molar-refractivity contribution in [3.05, 3.63) is 48.6 Å². The third kappa shape index (κ3) is 38.5. The lowest BCUT2D eigenvalue weighted by molar-refractivity contribution is -0.151. The first-order chi connectivity index (χ1) is 27.0. The molecule has 0 heterocycles. The van der Waals surface area contributed by atoms with Gasteiger partial charge < -0.3 is 20.3 Å². The largest absolute Gasteiger partial charge is 0.462 e. The van der Waals surface area contributed by atoms with Crippen molar-refractivity contribution in [2.75, 3.05) is 6.61 Å². The molecule has 6 nitrogen and oxygen atoms in total. The van der Waals surface area contributed by atoms with Crippen LogP contribution in [0.25, 0.3) is 0 Å². The molecule has 0 bridgehead atoms. The van der Waals surface area contributed by atoms with Crippen LogP contribution in [0.4, 0.5) is 0 Å². The minimum Gasteiger partial charge on any atom is -0.462 e. The van der Waals surface area contributed by atoms with E-state index < -0.39 is 18.2 Å². The van der Waals surface area contributed by atoms with Crippen LogP contribution in [0.15, 0.2) is 48.6 Å². The molecule has 0 aromatic heterocycles. The van der Waals surface area contributed by atoms with Crippen molar-refractivity contribution in [2.24, 2.45) is 0 Å². The number of esters is 1. The molecule has 0 aromatic rings. The zero-order chi connectivity index (χ0) is 40.3. The van der Waals surface area contributed by atoms with Crippen LogP contribution in [-0.4, -0.2) is 46.9 Å². The fourth-order valence-electron chi connectivity index (χ4n) is 6.97. The summed E-state index contributed by atoms with van der Waals surface area (Å²) in [6.45, 7) is 6.31. The third-order valence-corrected chi connectivity index (χ3v) is 10.5. The summed E-state index contributed by atoms with van der Waals surface area (Å²) >= 11 is 0. The van der Waals surface area contributed by atoms with Gasteiger partial charge in [0.05, 0.1) is 25.2 Å². The molecule has 3 unspecified atom stereocenters. The predicted octanol–water partition coefficient (Wildman–Crippen LogP) is 13.5. The number of rotatable bonds is 41. The Kier molecular flexibility index (Phi) is 41.2. The molecule has 0 aliphatic carbocycles. The van der Waals surface area contributed by atoms with Gasteiger partial charge in [-0.3, -0.25) is 9.59 Å².